The molecule has 1 fully saturated rings. The highest BCUT2D eigenvalue weighted by atomic mass is 32.2. The molecule has 0 amide bonds. The summed E-state index contributed by atoms with van der Waals surface area (Å²) >= 11 is 0. The van der Waals surface area contributed by atoms with Crippen LogP contribution in [0, 0.1) is 5.92 Å². The predicted molar refractivity (Wildman–Crippen MR) is 68.4 cm³/mol. The van der Waals surface area contributed by atoms with E-state index in [9.17, 15) is 8.42 Å². The fraction of sp³-hybridized carbons (Fsp3) is 1.00. The van der Waals surface area contributed by atoms with Crippen LogP contribution in [-0.4, -0.2) is 33.0 Å². The highest BCUT2D eigenvalue weighted by Crippen LogP contribution is 2.21. The first kappa shape index (κ1) is 14.0. The van der Waals surface area contributed by atoms with Crippen LogP contribution in [0.3, 0.4) is 0 Å². The average Bonchev–Trinajstić information content (AvgIpc) is 2.53. The molecule has 3 nitrogen and oxygen atoms in total. The second-order valence-electron chi connectivity index (χ2n) is 4.80. The Kier molecular flexibility index (Phi) is 6.36. The molecule has 0 atom stereocenters. The van der Waals surface area contributed by atoms with Crippen molar-refractivity contribution in [3.63, 3.8) is 0 Å². The van der Waals surface area contributed by atoms with Crippen LogP contribution in [0.25, 0.3) is 0 Å². The zero-order chi connectivity index (χ0) is 11.9. The monoisotopic (exact) mass is 247 g/mol. The van der Waals surface area contributed by atoms with Crippen molar-refractivity contribution in [3.05, 3.63) is 0 Å². The molecule has 1 rings (SSSR count). The summed E-state index contributed by atoms with van der Waals surface area (Å²) in [5.74, 6) is 1.32. The zero-order valence-electron chi connectivity index (χ0n) is 10.4. The Bertz CT molecular complexity index is 267. The van der Waals surface area contributed by atoms with Crippen molar-refractivity contribution in [3.8, 4) is 0 Å². The van der Waals surface area contributed by atoms with Gasteiger partial charge >= 0.3 is 0 Å². The minimum Gasteiger partial charge on any atom is -0.315 e. The Balaban J connectivity index is 2.10. The molecule has 0 unspecified atom stereocenters. The van der Waals surface area contributed by atoms with Crippen LogP contribution in [0.4, 0.5) is 0 Å². The van der Waals surface area contributed by atoms with E-state index in [0.29, 0.717) is 6.54 Å². The van der Waals surface area contributed by atoms with Gasteiger partial charge in [-0.05, 0) is 25.3 Å². The van der Waals surface area contributed by atoms with Gasteiger partial charge in [-0.15, -0.1) is 0 Å². The van der Waals surface area contributed by atoms with Gasteiger partial charge in [0.05, 0.1) is 5.75 Å². The lowest BCUT2D eigenvalue weighted by molar-refractivity contribution is 0.430. The first-order valence-corrected chi connectivity index (χ1v) is 8.37. The van der Waals surface area contributed by atoms with Gasteiger partial charge in [0.25, 0.3) is 0 Å². The normalized spacial score (nSPS) is 19.6. The van der Waals surface area contributed by atoms with Gasteiger partial charge in [0.2, 0.25) is 0 Å². The van der Waals surface area contributed by atoms with Crippen LogP contribution in [-0.2, 0) is 9.84 Å². The Hall–Kier alpha value is -0.0900. The third kappa shape index (κ3) is 5.85. The summed E-state index contributed by atoms with van der Waals surface area (Å²) in [7, 11) is -2.79. The maximum absolute atomic E-state index is 11.3. The Labute approximate surface area is 99.9 Å². The van der Waals surface area contributed by atoms with E-state index in [4.69, 9.17) is 0 Å². The lowest BCUT2D eigenvalue weighted by Crippen LogP contribution is -2.28. The molecule has 0 bridgehead atoms. The minimum atomic E-state index is -2.79. The van der Waals surface area contributed by atoms with Crippen molar-refractivity contribution >= 4 is 9.84 Å². The van der Waals surface area contributed by atoms with Gasteiger partial charge in [0.1, 0.15) is 0 Å². The number of sulfone groups is 1. The van der Waals surface area contributed by atoms with Crippen LogP contribution < -0.4 is 5.32 Å². The van der Waals surface area contributed by atoms with E-state index < -0.39 is 9.84 Å². The molecule has 0 heterocycles. The summed E-state index contributed by atoms with van der Waals surface area (Å²) in [5.41, 5.74) is 0. The van der Waals surface area contributed by atoms with Gasteiger partial charge in [-0.1, -0.05) is 32.6 Å². The molecule has 0 aliphatic heterocycles. The SMILES string of the molecule is CCS(=O)(=O)CCNCC1CCCCCC1. The highest BCUT2D eigenvalue weighted by molar-refractivity contribution is 7.91. The van der Waals surface area contributed by atoms with Crippen molar-refractivity contribution < 1.29 is 8.42 Å². The molecule has 1 saturated carbocycles. The molecule has 0 aromatic heterocycles. The molecule has 0 saturated heterocycles. The van der Waals surface area contributed by atoms with Gasteiger partial charge in [0.15, 0.2) is 9.84 Å². The molecule has 0 spiro atoms. The Morgan fingerprint density at radius 1 is 1.12 bits per heavy atom. The standard InChI is InChI=1S/C12H25NO2S/c1-2-16(14,15)10-9-13-11-12-7-5-3-4-6-8-12/h12-13H,2-11H2,1H3. The number of nitrogens with one attached hydrogen (secondary N) is 1. The van der Waals surface area contributed by atoms with Gasteiger partial charge in [-0.3, -0.25) is 0 Å². The molecule has 96 valence electrons. The fourth-order valence-electron chi connectivity index (χ4n) is 2.25. The maximum Gasteiger partial charge on any atom is 0.151 e. The lowest BCUT2D eigenvalue weighted by atomic mass is 10.0. The van der Waals surface area contributed by atoms with Crippen molar-refractivity contribution in [1.82, 2.24) is 5.32 Å². The van der Waals surface area contributed by atoms with E-state index in [0.717, 1.165) is 12.5 Å². The first-order chi connectivity index (χ1) is 7.64. The molecular formula is C12H25NO2S. The van der Waals surface area contributed by atoms with E-state index >= 15 is 0 Å². The van der Waals surface area contributed by atoms with E-state index in [1.165, 1.54) is 38.5 Å². The molecule has 16 heavy (non-hydrogen) atoms. The van der Waals surface area contributed by atoms with Crippen molar-refractivity contribution in [1.29, 1.82) is 0 Å². The molecule has 1 aliphatic rings. The van der Waals surface area contributed by atoms with Gasteiger partial charge in [-0.25, -0.2) is 8.42 Å². The zero-order valence-corrected chi connectivity index (χ0v) is 11.2. The second kappa shape index (κ2) is 7.28. The summed E-state index contributed by atoms with van der Waals surface area (Å²) in [4.78, 5) is 0. The van der Waals surface area contributed by atoms with Crippen LogP contribution in [0.5, 0.6) is 0 Å². The molecule has 1 N–H and O–H groups in total. The third-order valence-electron chi connectivity index (χ3n) is 3.44. The number of hydrogen-bond acceptors (Lipinski definition) is 3. The predicted octanol–water partition coefficient (Wildman–Crippen LogP) is 1.98. The molecular weight excluding hydrogens is 222 g/mol. The summed E-state index contributed by atoms with van der Waals surface area (Å²) in [5, 5.41) is 3.29. The molecule has 0 aromatic carbocycles. The minimum absolute atomic E-state index is 0.262. The van der Waals surface area contributed by atoms with Crippen LogP contribution in [0.15, 0.2) is 0 Å². The van der Waals surface area contributed by atoms with Crippen LogP contribution in [0.2, 0.25) is 0 Å². The van der Waals surface area contributed by atoms with E-state index in [-0.39, 0.29) is 11.5 Å². The second-order valence-corrected chi connectivity index (χ2v) is 7.27. The van der Waals surface area contributed by atoms with Gasteiger partial charge in [-0.2, -0.15) is 0 Å². The van der Waals surface area contributed by atoms with Crippen LogP contribution >= 0.6 is 0 Å². The van der Waals surface area contributed by atoms with E-state index in [1.54, 1.807) is 6.92 Å². The summed E-state index contributed by atoms with van der Waals surface area (Å²) < 4.78 is 22.5. The molecule has 4 heteroatoms. The summed E-state index contributed by atoms with van der Waals surface area (Å²) in [6.45, 7) is 3.33. The first-order valence-electron chi connectivity index (χ1n) is 6.55. The molecule has 0 aromatic rings. The highest BCUT2D eigenvalue weighted by Gasteiger charge is 2.12. The Morgan fingerprint density at radius 2 is 1.75 bits per heavy atom. The largest absolute Gasteiger partial charge is 0.315 e. The smallest absolute Gasteiger partial charge is 0.151 e. The molecule has 0 radical (unpaired) electrons. The number of hydrogen-bond donors (Lipinski definition) is 1. The van der Waals surface area contributed by atoms with Crippen molar-refractivity contribution in [2.45, 2.75) is 45.4 Å². The fourth-order valence-corrected chi connectivity index (χ4v) is 2.99. The topological polar surface area (TPSA) is 46.2 Å². The number of rotatable bonds is 6. The van der Waals surface area contributed by atoms with Crippen molar-refractivity contribution in [2.75, 3.05) is 24.6 Å². The summed E-state index contributed by atoms with van der Waals surface area (Å²) in [6, 6.07) is 0. The third-order valence-corrected chi connectivity index (χ3v) is 5.14. The van der Waals surface area contributed by atoms with E-state index in [2.05, 4.69) is 5.32 Å². The molecule has 1 aliphatic carbocycles. The van der Waals surface area contributed by atoms with Gasteiger partial charge < -0.3 is 5.32 Å². The van der Waals surface area contributed by atoms with Crippen molar-refractivity contribution in [2.24, 2.45) is 5.92 Å². The summed E-state index contributed by atoms with van der Waals surface area (Å²) in [6.07, 6.45) is 8.07. The average molecular weight is 247 g/mol. The van der Waals surface area contributed by atoms with Gasteiger partial charge in [0, 0.05) is 12.3 Å². The maximum atomic E-state index is 11.3. The van der Waals surface area contributed by atoms with E-state index in [1.807, 2.05) is 0 Å². The lowest BCUT2D eigenvalue weighted by Gasteiger charge is -2.14. The Morgan fingerprint density at radius 3 is 2.31 bits per heavy atom. The quantitative estimate of drug-likeness (QED) is 0.576. The van der Waals surface area contributed by atoms with Crippen LogP contribution in [0.1, 0.15) is 45.4 Å².